The van der Waals surface area contributed by atoms with Crippen LogP contribution in [0, 0.1) is 5.82 Å². The molecule has 1 amide bonds. The number of aromatic nitrogens is 3. The van der Waals surface area contributed by atoms with Gasteiger partial charge in [-0.15, -0.1) is 5.10 Å². The molecular weight excluding hydrogens is 411 g/mol. The predicted octanol–water partition coefficient (Wildman–Crippen LogP) is 3.51. The summed E-state index contributed by atoms with van der Waals surface area (Å²) in [5.41, 5.74) is 1.10. The number of pyridine rings is 1. The average molecular weight is 428 g/mol. The first kappa shape index (κ1) is 19.9. The number of ether oxygens (including phenoxy) is 2. The van der Waals surface area contributed by atoms with Gasteiger partial charge in [0.15, 0.2) is 11.6 Å². The monoisotopic (exact) mass is 428 g/mol. The summed E-state index contributed by atoms with van der Waals surface area (Å²) in [7, 11) is 1.70. The molecular formula is C19H17FN6O3S. The van der Waals surface area contributed by atoms with E-state index in [0.717, 1.165) is 17.7 Å². The second-order valence-corrected chi connectivity index (χ2v) is 7.01. The minimum atomic E-state index is -0.575. The molecule has 0 fully saturated rings. The van der Waals surface area contributed by atoms with E-state index in [9.17, 15) is 9.18 Å². The lowest BCUT2D eigenvalue weighted by molar-refractivity contribution is 0.134. The number of halogens is 1. The number of rotatable bonds is 7. The summed E-state index contributed by atoms with van der Waals surface area (Å²) < 4.78 is 31.2. The molecule has 0 bridgehead atoms. The largest absolute Gasteiger partial charge is 0.437 e. The molecule has 9 nitrogen and oxygen atoms in total. The van der Waals surface area contributed by atoms with Crippen molar-refractivity contribution in [3.05, 3.63) is 65.7 Å². The van der Waals surface area contributed by atoms with Crippen LogP contribution in [0.2, 0.25) is 0 Å². The van der Waals surface area contributed by atoms with Crippen LogP contribution >= 0.6 is 12.1 Å². The van der Waals surface area contributed by atoms with Crippen molar-refractivity contribution in [3.8, 4) is 17.4 Å². The SMILES string of the molecule is CNSNc1nccc(CN2Cc3ccc(Oc4cccnn4)cc3OC2=O)c1F. The van der Waals surface area contributed by atoms with Crippen molar-refractivity contribution in [1.29, 1.82) is 0 Å². The topological polar surface area (TPSA) is 102 Å². The zero-order valence-corrected chi connectivity index (χ0v) is 16.6. The van der Waals surface area contributed by atoms with Gasteiger partial charge in [-0.2, -0.15) is 5.10 Å². The molecule has 2 N–H and O–H groups in total. The number of carbonyl (C=O) groups is 1. The van der Waals surface area contributed by atoms with E-state index in [1.54, 1.807) is 43.6 Å². The minimum Gasteiger partial charge on any atom is -0.437 e. The van der Waals surface area contributed by atoms with Crippen LogP contribution in [0.5, 0.6) is 17.4 Å². The maximum atomic E-state index is 14.7. The van der Waals surface area contributed by atoms with Crippen molar-refractivity contribution in [3.63, 3.8) is 0 Å². The second-order valence-electron chi connectivity index (χ2n) is 6.20. The molecule has 0 spiro atoms. The van der Waals surface area contributed by atoms with Crippen LogP contribution in [0.25, 0.3) is 0 Å². The molecule has 11 heteroatoms. The first-order valence-electron chi connectivity index (χ1n) is 8.91. The standard InChI is InChI=1S/C19H17FN6O3S/c1-21-30-25-18-17(20)13(6-8-22-18)11-26-10-12-4-5-14(9-15(12)29-19(26)27)28-16-3-2-7-23-24-16/h2-9,21H,10-11H2,1H3,(H,22,25). The lowest BCUT2D eigenvalue weighted by atomic mass is 10.1. The highest BCUT2D eigenvalue weighted by atomic mass is 32.2. The number of amides is 1. The van der Waals surface area contributed by atoms with Gasteiger partial charge in [-0.05, 0) is 31.3 Å². The van der Waals surface area contributed by atoms with Gasteiger partial charge in [0.2, 0.25) is 5.88 Å². The molecule has 30 heavy (non-hydrogen) atoms. The first-order chi connectivity index (χ1) is 14.6. The summed E-state index contributed by atoms with van der Waals surface area (Å²) in [5, 5.41) is 7.60. The van der Waals surface area contributed by atoms with Gasteiger partial charge in [-0.1, -0.05) is 0 Å². The Morgan fingerprint density at radius 3 is 3.00 bits per heavy atom. The third-order valence-electron chi connectivity index (χ3n) is 4.21. The summed E-state index contributed by atoms with van der Waals surface area (Å²) in [6.07, 6.45) is 2.45. The van der Waals surface area contributed by atoms with Gasteiger partial charge in [-0.25, -0.2) is 18.9 Å². The van der Waals surface area contributed by atoms with E-state index in [-0.39, 0.29) is 18.9 Å². The fourth-order valence-corrected chi connectivity index (χ4v) is 3.16. The Bertz CT molecular complexity index is 1060. The number of fused-ring (bicyclic) bond motifs is 1. The summed E-state index contributed by atoms with van der Waals surface area (Å²) in [5.74, 6) is 0.749. The first-order valence-corrected chi connectivity index (χ1v) is 9.73. The Kier molecular flexibility index (Phi) is 5.91. The molecule has 0 aliphatic carbocycles. The summed E-state index contributed by atoms with van der Waals surface area (Å²) in [6, 6.07) is 10.1. The van der Waals surface area contributed by atoms with E-state index in [1.165, 1.54) is 17.2 Å². The number of hydrogen-bond acceptors (Lipinski definition) is 9. The van der Waals surface area contributed by atoms with Gasteiger partial charge in [0.1, 0.15) is 11.5 Å². The third kappa shape index (κ3) is 4.42. The molecule has 1 aliphatic rings. The molecule has 2 aromatic heterocycles. The van der Waals surface area contributed by atoms with Crippen LogP contribution in [-0.4, -0.2) is 33.2 Å². The lowest BCUT2D eigenvalue weighted by Crippen LogP contribution is -2.36. The molecule has 0 unspecified atom stereocenters. The second kappa shape index (κ2) is 8.93. The molecule has 0 saturated heterocycles. The van der Waals surface area contributed by atoms with Crippen molar-refractivity contribution in [1.82, 2.24) is 24.8 Å². The molecule has 3 aromatic rings. The summed E-state index contributed by atoms with van der Waals surface area (Å²) in [4.78, 5) is 17.9. The summed E-state index contributed by atoms with van der Waals surface area (Å²) in [6.45, 7) is 0.318. The molecule has 3 heterocycles. The number of hydrogen-bond donors (Lipinski definition) is 2. The number of nitrogens with one attached hydrogen (secondary N) is 2. The number of anilines is 1. The maximum Gasteiger partial charge on any atom is 0.415 e. The van der Waals surface area contributed by atoms with Gasteiger partial charge in [0.25, 0.3) is 0 Å². The number of benzene rings is 1. The normalized spacial score (nSPS) is 12.9. The zero-order valence-electron chi connectivity index (χ0n) is 15.8. The lowest BCUT2D eigenvalue weighted by Gasteiger charge is -2.28. The van der Waals surface area contributed by atoms with Crippen LogP contribution in [0.3, 0.4) is 0 Å². The molecule has 0 saturated carbocycles. The Morgan fingerprint density at radius 1 is 1.30 bits per heavy atom. The third-order valence-corrected chi connectivity index (χ3v) is 4.71. The Labute approximate surface area is 175 Å². The van der Waals surface area contributed by atoms with Crippen LogP contribution in [0.4, 0.5) is 15.0 Å². The molecule has 154 valence electrons. The summed E-state index contributed by atoms with van der Waals surface area (Å²) >= 11 is 1.10. The zero-order chi connectivity index (χ0) is 20.9. The Hall–Kier alpha value is -3.44. The van der Waals surface area contributed by atoms with E-state index < -0.39 is 11.9 Å². The number of carbonyl (C=O) groups excluding carboxylic acids is 1. The highest BCUT2D eigenvalue weighted by molar-refractivity contribution is 7.98. The fourth-order valence-electron chi connectivity index (χ4n) is 2.82. The van der Waals surface area contributed by atoms with E-state index in [1.807, 2.05) is 0 Å². The Balaban J connectivity index is 1.48. The maximum absolute atomic E-state index is 14.7. The van der Waals surface area contributed by atoms with Crippen LogP contribution in [0.15, 0.2) is 48.8 Å². The van der Waals surface area contributed by atoms with Gasteiger partial charge >= 0.3 is 6.09 Å². The minimum absolute atomic E-state index is 0.0450. The quantitative estimate of drug-likeness (QED) is 0.547. The van der Waals surface area contributed by atoms with Gasteiger partial charge in [0, 0.05) is 47.8 Å². The molecule has 4 rings (SSSR count). The number of nitrogens with zero attached hydrogens (tertiary/aromatic N) is 4. The fraction of sp³-hybridized carbons (Fsp3) is 0.158. The van der Waals surface area contributed by atoms with Crippen molar-refractivity contribution in [2.24, 2.45) is 0 Å². The van der Waals surface area contributed by atoms with Gasteiger partial charge in [0.05, 0.1) is 13.1 Å². The van der Waals surface area contributed by atoms with E-state index in [4.69, 9.17) is 9.47 Å². The van der Waals surface area contributed by atoms with Gasteiger partial charge in [-0.3, -0.25) is 9.62 Å². The van der Waals surface area contributed by atoms with Gasteiger partial charge < -0.3 is 9.47 Å². The van der Waals surface area contributed by atoms with Crippen molar-refractivity contribution >= 4 is 24.0 Å². The van der Waals surface area contributed by atoms with E-state index >= 15 is 0 Å². The van der Waals surface area contributed by atoms with Crippen molar-refractivity contribution in [2.45, 2.75) is 13.1 Å². The Morgan fingerprint density at radius 2 is 2.20 bits per heavy atom. The highest BCUT2D eigenvalue weighted by Crippen LogP contribution is 2.32. The van der Waals surface area contributed by atoms with Crippen LogP contribution in [-0.2, 0) is 13.1 Å². The predicted molar refractivity (Wildman–Crippen MR) is 108 cm³/mol. The molecule has 0 atom stereocenters. The highest BCUT2D eigenvalue weighted by Gasteiger charge is 2.27. The molecule has 1 aliphatic heterocycles. The average Bonchev–Trinajstić information content (AvgIpc) is 2.75. The van der Waals surface area contributed by atoms with Crippen LogP contribution < -0.4 is 18.9 Å². The van der Waals surface area contributed by atoms with Crippen LogP contribution in [0.1, 0.15) is 11.1 Å². The molecule has 0 radical (unpaired) electrons. The van der Waals surface area contributed by atoms with E-state index in [0.29, 0.717) is 22.9 Å². The smallest absolute Gasteiger partial charge is 0.415 e. The van der Waals surface area contributed by atoms with Crippen molar-refractivity contribution < 1.29 is 18.7 Å². The molecule has 1 aromatic carbocycles. The van der Waals surface area contributed by atoms with Crippen molar-refractivity contribution in [2.75, 3.05) is 11.8 Å². The van der Waals surface area contributed by atoms with E-state index in [2.05, 4.69) is 24.6 Å².